The number of benzene rings is 1. The lowest BCUT2D eigenvalue weighted by Crippen LogP contribution is -2.10. The van der Waals surface area contributed by atoms with E-state index in [1.165, 1.54) is 6.07 Å². The average Bonchev–Trinajstić information content (AvgIpc) is 2.85. The van der Waals surface area contributed by atoms with Crippen molar-refractivity contribution in [3.8, 4) is 0 Å². The highest BCUT2D eigenvalue weighted by Gasteiger charge is 2.17. The number of nitrogens with zero attached hydrogens (tertiary/aromatic N) is 2. The summed E-state index contributed by atoms with van der Waals surface area (Å²) in [5, 5.41) is 15.1. The van der Waals surface area contributed by atoms with Crippen LogP contribution in [0.25, 0.3) is 0 Å². The van der Waals surface area contributed by atoms with Gasteiger partial charge in [0.1, 0.15) is 5.82 Å². The summed E-state index contributed by atoms with van der Waals surface area (Å²) in [6.45, 7) is 4.65. The maximum absolute atomic E-state index is 13.8. The molecule has 0 bridgehead atoms. The van der Waals surface area contributed by atoms with Crippen molar-refractivity contribution in [2.24, 2.45) is 0 Å². The minimum atomic E-state index is -0.779. The molecule has 1 N–H and O–H groups in total. The van der Waals surface area contributed by atoms with E-state index >= 15 is 0 Å². The predicted octanol–water partition coefficient (Wildman–Crippen LogP) is 3.53. The first-order valence-electron chi connectivity index (χ1n) is 6.73. The quantitative estimate of drug-likeness (QED) is 0.916. The van der Waals surface area contributed by atoms with Gasteiger partial charge >= 0.3 is 0 Å². The molecule has 2 aromatic rings. The molecule has 0 aliphatic heterocycles. The Labute approximate surface area is 123 Å². The third-order valence-corrected chi connectivity index (χ3v) is 3.53. The van der Waals surface area contributed by atoms with E-state index in [1.54, 1.807) is 16.8 Å². The third kappa shape index (κ3) is 3.19. The smallest absolute Gasteiger partial charge is 0.127 e. The largest absolute Gasteiger partial charge is 0.386 e. The molecule has 5 heteroatoms. The molecule has 0 aliphatic rings. The molecule has 108 valence electrons. The Morgan fingerprint density at radius 2 is 2.10 bits per heavy atom. The first-order chi connectivity index (χ1) is 9.55. The summed E-state index contributed by atoms with van der Waals surface area (Å²) in [6.07, 6.45) is 0.235. The van der Waals surface area contributed by atoms with E-state index in [-0.39, 0.29) is 6.42 Å². The second kappa shape index (κ2) is 6.37. The molecule has 0 spiro atoms. The molecule has 0 radical (unpaired) electrons. The van der Waals surface area contributed by atoms with Gasteiger partial charge in [0.05, 0.1) is 17.5 Å². The fraction of sp³-hybridized carbons (Fsp3) is 0.400. The maximum Gasteiger partial charge on any atom is 0.127 e. The van der Waals surface area contributed by atoms with Crippen LogP contribution in [0.1, 0.15) is 36.9 Å². The fourth-order valence-corrected chi connectivity index (χ4v) is 2.34. The Bertz CT molecular complexity index is 598. The monoisotopic (exact) mass is 296 g/mol. The van der Waals surface area contributed by atoms with Gasteiger partial charge in [-0.2, -0.15) is 5.10 Å². The highest BCUT2D eigenvalue weighted by Crippen LogP contribution is 2.23. The van der Waals surface area contributed by atoms with Crippen molar-refractivity contribution in [3.63, 3.8) is 0 Å². The molecule has 0 saturated carbocycles. The van der Waals surface area contributed by atoms with Gasteiger partial charge in [0.25, 0.3) is 0 Å². The number of aliphatic hydroxyl groups is 1. The van der Waals surface area contributed by atoms with Gasteiger partial charge < -0.3 is 5.11 Å². The molecule has 1 atom stereocenters. The first kappa shape index (κ1) is 15.0. The summed E-state index contributed by atoms with van der Waals surface area (Å²) in [6, 6.07) is 6.37. The third-order valence-electron chi connectivity index (χ3n) is 3.29. The van der Waals surface area contributed by atoms with Crippen LogP contribution in [0.15, 0.2) is 24.3 Å². The topological polar surface area (TPSA) is 38.0 Å². The summed E-state index contributed by atoms with van der Waals surface area (Å²) >= 11 is 5.72. The molecular formula is C15H18ClFN2O. The zero-order chi connectivity index (χ0) is 14.7. The molecule has 0 aliphatic carbocycles. The second-order valence-corrected chi connectivity index (χ2v) is 5.12. The van der Waals surface area contributed by atoms with E-state index in [1.807, 2.05) is 19.9 Å². The van der Waals surface area contributed by atoms with E-state index < -0.39 is 11.9 Å². The lowest BCUT2D eigenvalue weighted by molar-refractivity contribution is 0.166. The second-order valence-electron chi connectivity index (χ2n) is 4.69. The van der Waals surface area contributed by atoms with Crippen LogP contribution < -0.4 is 0 Å². The minimum absolute atomic E-state index is 0.206. The SMILES string of the molecule is CCc1cc(C(O)Cc2ccc(Cl)cc2F)n(CC)n1. The van der Waals surface area contributed by atoms with E-state index in [9.17, 15) is 9.50 Å². The summed E-state index contributed by atoms with van der Waals surface area (Å²) in [5.74, 6) is -0.394. The summed E-state index contributed by atoms with van der Waals surface area (Å²) in [7, 11) is 0. The number of aliphatic hydroxyl groups excluding tert-OH is 1. The Hall–Kier alpha value is -1.39. The van der Waals surface area contributed by atoms with Crippen LogP contribution in [0.5, 0.6) is 0 Å². The Morgan fingerprint density at radius 1 is 1.35 bits per heavy atom. The van der Waals surface area contributed by atoms with E-state index in [4.69, 9.17) is 11.6 Å². The van der Waals surface area contributed by atoms with Crippen molar-refractivity contribution in [1.82, 2.24) is 9.78 Å². The molecule has 0 fully saturated rings. The van der Waals surface area contributed by atoms with Gasteiger partial charge in [-0.25, -0.2) is 4.39 Å². The highest BCUT2D eigenvalue weighted by molar-refractivity contribution is 6.30. The van der Waals surface area contributed by atoms with Gasteiger partial charge in [-0.15, -0.1) is 0 Å². The van der Waals surface area contributed by atoms with Crippen LogP contribution in [-0.2, 0) is 19.4 Å². The van der Waals surface area contributed by atoms with Crippen LogP contribution in [0, 0.1) is 5.82 Å². The lowest BCUT2D eigenvalue weighted by atomic mass is 10.0. The molecule has 1 aromatic heterocycles. The van der Waals surface area contributed by atoms with Gasteiger partial charge in [-0.05, 0) is 37.1 Å². The molecule has 1 aromatic carbocycles. The zero-order valence-corrected chi connectivity index (χ0v) is 12.4. The van der Waals surface area contributed by atoms with Crippen molar-refractivity contribution >= 4 is 11.6 Å². The minimum Gasteiger partial charge on any atom is -0.386 e. The molecule has 2 rings (SSSR count). The van der Waals surface area contributed by atoms with Gasteiger partial charge in [0, 0.05) is 18.0 Å². The molecule has 20 heavy (non-hydrogen) atoms. The van der Waals surface area contributed by atoms with Crippen molar-refractivity contribution in [3.05, 3.63) is 52.1 Å². The fourth-order valence-electron chi connectivity index (χ4n) is 2.18. The molecular weight excluding hydrogens is 279 g/mol. The van der Waals surface area contributed by atoms with Crippen LogP contribution in [0.3, 0.4) is 0 Å². The number of hydrogen-bond donors (Lipinski definition) is 1. The van der Waals surface area contributed by atoms with Crippen molar-refractivity contribution in [2.45, 2.75) is 39.3 Å². The molecule has 1 unspecified atom stereocenters. The molecule has 3 nitrogen and oxygen atoms in total. The molecule has 1 heterocycles. The number of aromatic nitrogens is 2. The zero-order valence-electron chi connectivity index (χ0n) is 11.6. The van der Waals surface area contributed by atoms with Crippen LogP contribution in [-0.4, -0.2) is 14.9 Å². The average molecular weight is 297 g/mol. The van der Waals surface area contributed by atoms with E-state index in [0.29, 0.717) is 17.1 Å². The van der Waals surface area contributed by atoms with Gasteiger partial charge in [0.2, 0.25) is 0 Å². The number of rotatable bonds is 5. The Morgan fingerprint density at radius 3 is 2.70 bits per heavy atom. The van der Waals surface area contributed by atoms with Crippen LogP contribution >= 0.6 is 11.6 Å². The summed E-state index contributed by atoms with van der Waals surface area (Å²) in [5.41, 5.74) is 2.10. The van der Waals surface area contributed by atoms with E-state index in [2.05, 4.69) is 5.10 Å². The van der Waals surface area contributed by atoms with Gasteiger partial charge in [-0.3, -0.25) is 4.68 Å². The van der Waals surface area contributed by atoms with Gasteiger partial charge in [0.15, 0.2) is 0 Å². The Kier molecular flexibility index (Phi) is 4.78. The van der Waals surface area contributed by atoms with Crippen molar-refractivity contribution in [2.75, 3.05) is 0 Å². The van der Waals surface area contributed by atoms with Crippen molar-refractivity contribution < 1.29 is 9.50 Å². The van der Waals surface area contributed by atoms with Gasteiger partial charge in [-0.1, -0.05) is 24.6 Å². The van der Waals surface area contributed by atoms with Crippen molar-refractivity contribution in [1.29, 1.82) is 0 Å². The predicted molar refractivity (Wildman–Crippen MR) is 77.4 cm³/mol. The lowest BCUT2D eigenvalue weighted by Gasteiger charge is -2.13. The summed E-state index contributed by atoms with van der Waals surface area (Å²) < 4.78 is 15.5. The van der Waals surface area contributed by atoms with Crippen LogP contribution in [0.2, 0.25) is 5.02 Å². The standard InChI is InChI=1S/C15H18ClFN2O/c1-3-12-9-14(19(4-2)18-12)15(20)7-10-5-6-11(16)8-13(10)17/h5-6,8-9,15,20H,3-4,7H2,1-2H3. The Balaban J connectivity index is 2.23. The highest BCUT2D eigenvalue weighted by atomic mass is 35.5. The first-order valence-corrected chi connectivity index (χ1v) is 7.11. The number of halogens is 2. The molecule has 0 saturated heterocycles. The summed E-state index contributed by atoms with van der Waals surface area (Å²) in [4.78, 5) is 0. The van der Waals surface area contributed by atoms with E-state index in [0.717, 1.165) is 17.8 Å². The normalized spacial score (nSPS) is 12.7. The maximum atomic E-state index is 13.8. The van der Waals surface area contributed by atoms with Crippen LogP contribution in [0.4, 0.5) is 4.39 Å². The number of aryl methyl sites for hydroxylation is 2. The molecule has 0 amide bonds. The number of hydrogen-bond acceptors (Lipinski definition) is 2.